The fourth-order valence-corrected chi connectivity index (χ4v) is 2.18. The van der Waals surface area contributed by atoms with Gasteiger partial charge in [0.2, 0.25) is 0 Å². The van der Waals surface area contributed by atoms with Gasteiger partial charge in [-0.15, -0.1) is 0 Å². The van der Waals surface area contributed by atoms with Crippen LogP contribution >= 0.6 is 15.9 Å². The summed E-state index contributed by atoms with van der Waals surface area (Å²) < 4.78 is 29.6. The van der Waals surface area contributed by atoms with Crippen molar-refractivity contribution in [2.45, 2.75) is 13.2 Å². The minimum absolute atomic E-state index is 0.00346. The number of rotatable bonds is 5. The van der Waals surface area contributed by atoms with Gasteiger partial charge in [-0.05, 0) is 24.3 Å². The SMILES string of the molecule is O=C(NCc1ccccc1OC(F)F)c1cc(Br)ccc1O. The van der Waals surface area contributed by atoms with Gasteiger partial charge in [-0.1, -0.05) is 34.1 Å². The van der Waals surface area contributed by atoms with E-state index in [9.17, 15) is 18.7 Å². The molecular formula is C15H12BrF2NO3. The van der Waals surface area contributed by atoms with Gasteiger partial charge < -0.3 is 15.2 Å². The number of para-hydroxylation sites is 1. The maximum atomic E-state index is 12.3. The molecule has 0 fully saturated rings. The topological polar surface area (TPSA) is 58.6 Å². The van der Waals surface area contributed by atoms with Crippen LogP contribution in [0.5, 0.6) is 11.5 Å². The van der Waals surface area contributed by atoms with Crippen molar-refractivity contribution in [1.29, 1.82) is 0 Å². The Hall–Kier alpha value is -2.15. The lowest BCUT2D eigenvalue weighted by molar-refractivity contribution is -0.0504. The number of ether oxygens (including phenoxy) is 1. The van der Waals surface area contributed by atoms with Crippen LogP contribution in [-0.4, -0.2) is 17.6 Å². The summed E-state index contributed by atoms with van der Waals surface area (Å²) >= 11 is 3.20. The normalized spacial score (nSPS) is 10.5. The third kappa shape index (κ3) is 4.17. The molecule has 0 saturated carbocycles. The van der Waals surface area contributed by atoms with E-state index in [0.29, 0.717) is 10.0 Å². The Bertz CT molecular complexity index is 680. The quantitative estimate of drug-likeness (QED) is 0.842. The van der Waals surface area contributed by atoms with Crippen LogP contribution < -0.4 is 10.1 Å². The lowest BCUT2D eigenvalue weighted by Gasteiger charge is -2.12. The number of amides is 1. The summed E-state index contributed by atoms with van der Waals surface area (Å²) in [5.74, 6) is -0.695. The highest BCUT2D eigenvalue weighted by molar-refractivity contribution is 9.10. The first kappa shape index (κ1) is 16.2. The molecule has 0 atom stereocenters. The van der Waals surface area contributed by atoms with Gasteiger partial charge in [-0.2, -0.15) is 8.78 Å². The fourth-order valence-electron chi connectivity index (χ4n) is 1.82. The molecule has 7 heteroatoms. The molecule has 0 radical (unpaired) electrons. The minimum atomic E-state index is -2.94. The zero-order valence-corrected chi connectivity index (χ0v) is 12.8. The molecule has 1 amide bonds. The maximum absolute atomic E-state index is 12.3. The summed E-state index contributed by atoms with van der Waals surface area (Å²) in [5.41, 5.74) is 0.493. The number of phenolic OH excluding ortho intramolecular Hbond substituents is 1. The molecule has 2 aromatic carbocycles. The van der Waals surface area contributed by atoms with Crippen molar-refractivity contribution in [1.82, 2.24) is 5.32 Å². The van der Waals surface area contributed by atoms with E-state index in [-0.39, 0.29) is 23.6 Å². The van der Waals surface area contributed by atoms with Crippen molar-refractivity contribution < 1.29 is 23.4 Å². The number of aromatic hydroxyl groups is 1. The van der Waals surface area contributed by atoms with Crippen LogP contribution in [0, 0.1) is 0 Å². The van der Waals surface area contributed by atoms with Gasteiger partial charge in [-0.3, -0.25) is 4.79 Å². The van der Waals surface area contributed by atoms with Crippen molar-refractivity contribution >= 4 is 21.8 Å². The highest BCUT2D eigenvalue weighted by Crippen LogP contribution is 2.23. The molecule has 0 bridgehead atoms. The van der Waals surface area contributed by atoms with Gasteiger partial charge in [0, 0.05) is 16.6 Å². The minimum Gasteiger partial charge on any atom is -0.507 e. The average molecular weight is 372 g/mol. The lowest BCUT2D eigenvalue weighted by atomic mass is 10.1. The molecule has 0 aliphatic heterocycles. The van der Waals surface area contributed by atoms with Crippen LogP contribution in [0.15, 0.2) is 46.9 Å². The lowest BCUT2D eigenvalue weighted by Crippen LogP contribution is -2.23. The summed E-state index contributed by atoms with van der Waals surface area (Å²) in [5, 5.41) is 12.2. The molecule has 0 unspecified atom stereocenters. The molecule has 0 aliphatic rings. The number of phenols is 1. The van der Waals surface area contributed by atoms with Crippen LogP contribution in [0.2, 0.25) is 0 Å². The first-order valence-electron chi connectivity index (χ1n) is 6.27. The summed E-state index contributed by atoms with van der Waals surface area (Å²) in [6.07, 6.45) is 0. The molecular weight excluding hydrogens is 360 g/mol. The van der Waals surface area contributed by atoms with Crippen LogP contribution in [0.4, 0.5) is 8.78 Å². The monoisotopic (exact) mass is 371 g/mol. The Balaban J connectivity index is 2.10. The van der Waals surface area contributed by atoms with E-state index in [2.05, 4.69) is 26.0 Å². The number of carbonyl (C=O) groups excluding carboxylic acids is 1. The van der Waals surface area contributed by atoms with Crippen LogP contribution in [0.3, 0.4) is 0 Å². The van der Waals surface area contributed by atoms with Crippen LogP contribution in [0.1, 0.15) is 15.9 Å². The predicted molar refractivity (Wildman–Crippen MR) is 80.1 cm³/mol. The molecule has 0 aliphatic carbocycles. The number of hydrogen-bond donors (Lipinski definition) is 2. The third-order valence-electron chi connectivity index (χ3n) is 2.83. The zero-order chi connectivity index (χ0) is 16.1. The Kier molecular flexibility index (Phi) is 5.32. The maximum Gasteiger partial charge on any atom is 0.387 e. The number of halogens is 3. The Morgan fingerprint density at radius 1 is 1.27 bits per heavy atom. The van der Waals surface area contributed by atoms with E-state index in [4.69, 9.17) is 0 Å². The van der Waals surface area contributed by atoms with E-state index in [1.807, 2.05) is 0 Å². The second-order valence-electron chi connectivity index (χ2n) is 4.33. The second-order valence-corrected chi connectivity index (χ2v) is 5.25. The summed E-state index contributed by atoms with van der Waals surface area (Å²) in [4.78, 5) is 12.0. The Morgan fingerprint density at radius 2 is 2.00 bits per heavy atom. The van der Waals surface area contributed by atoms with Gasteiger partial charge in [0.1, 0.15) is 11.5 Å². The van der Waals surface area contributed by atoms with Gasteiger partial charge >= 0.3 is 6.61 Å². The Morgan fingerprint density at radius 3 is 2.73 bits per heavy atom. The first-order chi connectivity index (χ1) is 10.5. The second kappa shape index (κ2) is 7.22. The van der Waals surface area contributed by atoms with E-state index in [1.54, 1.807) is 24.3 Å². The smallest absolute Gasteiger partial charge is 0.387 e. The van der Waals surface area contributed by atoms with Gasteiger partial charge in [0.25, 0.3) is 5.91 Å². The van der Waals surface area contributed by atoms with Crippen LogP contribution in [-0.2, 0) is 6.54 Å². The molecule has 0 aromatic heterocycles. The van der Waals surface area contributed by atoms with E-state index in [1.165, 1.54) is 18.2 Å². The van der Waals surface area contributed by atoms with Crippen molar-refractivity contribution in [3.8, 4) is 11.5 Å². The molecule has 116 valence electrons. The van der Waals surface area contributed by atoms with Gasteiger partial charge in [0.15, 0.2) is 0 Å². The highest BCUT2D eigenvalue weighted by atomic mass is 79.9. The standard InChI is InChI=1S/C15H12BrF2NO3/c16-10-5-6-12(20)11(7-10)14(21)19-8-9-3-1-2-4-13(9)22-15(17)18/h1-7,15,20H,8H2,(H,19,21). The van der Waals surface area contributed by atoms with E-state index in [0.717, 1.165) is 0 Å². The predicted octanol–water partition coefficient (Wildman–Crippen LogP) is 3.69. The van der Waals surface area contributed by atoms with E-state index >= 15 is 0 Å². The Labute approximate surface area is 133 Å². The van der Waals surface area contributed by atoms with Gasteiger partial charge in [-0.25, -0.2) is 0 Å². The molecule has 4 nitrogen and oxygen atoms in total. The average Bonchev–Trinajstić information content (AvgIpc) is 2.48. The molecule has 0 spiro atoms. The van der Waals surface area contributed by atoms with Crippen molar-refractivity contribution in [2.24, 2.45) is 0 Å². The summed E-state index contributed by atoms with van der Waals surface area (Å²) in [6, 6.07) is 10.6. The molecule has 2 rings (SSSR count). The van der Waals surface area contributed by atoms with Crippen molar-refractivity contribution in [3.05, 3.63) is 58.1 Å². The molecule has 0 saturated heterocycles. The summed E-state index contributed by atoms with van der Waals surface area (Å²) in [7, 11) is 0. The number of benzene rings is 2. The van der Waals surface area contributed by atoms with Crippen molar-refractivity contribution in [2.75, 3.05) is 0 Å². The number of nitrogens with one attached hydrogen (secondary N) is 1. The molecule has 2 aromatic rings. The van der Waals surface area contributed by atoms with Gasteiger partial charge in [0.05, 0.1) is 5.56 Å². The van der Waals surface area contributed by atoms with Crippen molar-refractivity contribution in [3.63, 3.8) is 0 Å². The third-order valence-corrected chi connectivity index (χ3v) is 3.32. The number of hydrogen-bond acceptors (Lipinski definition) is 3. The number of alkyl halides is 2. The number of carbonyl (C=O) groups is 1. The molecule has 0 heterocycles. The largest absolute Gasteiger partial charge is 0.507 e. The first-order valence-corrected chi connectivity index (χ1v) is 7.06. The van der Waals surface area contributed by atoms with E-state index < -0.39 is 12.5 Å². The fraction of sp³-hybridized carbons (Fsp3) is 0.133. The zero-order valence-electron chi connectivity index (χ0n) is 11.2. The molecule has 22 heavy (non-hydrogen) atoms. The van der Waals surface area contributed by atoms with Crippen LogP contribution in [0.25, 0.3) is 0 Å². The highest BCUT2D eigenvalue weighted by Gasteiger charge is 2.13. The summed E-state index contributed by atoms with van der Waals surface area (Å²) in [6.45, 7) is -2.95. The molecule has 2 N–H and O–H groups in total.